The maximum atomic E-state index is 9.52. The van der Waals surface area contributed by atoms with Crippen LogP contribution in [0.4, 0.5) is 0 Å². The van der Waals surface area contributed by atoms with Crippen molar-refractivity contribution in [2.24, 2.45) is 0 Å². The second kappa shape index (κ2) is 2.21. The van der Waals surface area contributed by atoms with Gasteiger partial charge in [-0.05, 0) is 32.7 Å². The van der Waals surface area contributed by atoms with Crippen LogP contribution in [-0.4, -0.2) is 35.2 Å². The Labute approximate surface area is 61.8 Å². The first kappa shape index (κ1) is 6.62. The topological polar surface area (TPSA) is 23.5 Å². The van der Waals surface area contributed by atoms with Crippen LogP contribution < -0.4 is 0 Å². The van der Waals surface area contributed by atoms with Crippen LogP contribution in [0.3, 0.4) is 0 Å². The summed E-state index contributed by atoms with van der Waals surface area (Å²) in [4.78, 5) is 2.36. The maximum Gasteiger partial charge on any atom is 0.0696 e. The van der Waals surface area contributed by atoms with E-state index >= 15 is 0 Å². The molecule has 0 aliphatic carbocycles. The quantitative estimate of drug-likeness (QED) is 0.534. The van der Waals surface area contributed by atoms with Gasteiger partial charge in [0.1, 0.15) is 0 Å². The number of nitrogens with zero attached hydrogens (tertiary/aromatic N) is 1. The predicted octanol–water partition coefficient (Wildman–Crippen LogP) is 0.604. The number of hydrogen-bond donors (Lipinski definition) is 1. The molecule has 2 nitrogen and oxygen atoms in total. The Morgan fingerprint density at radius 1 is 1.20 bits per heavy atom. The molecule has 0 aromatic rings. The molecule has 2 aliphatic rings. The van der Waals surface area contributed by atoms with Gasteiger partial charge in [-0.15, -0.1) is 0 Å². The molecule has 0 aromatic carbocycles. The minimum absolute atomic E-state index is 0.0382. The first-order chi connectivity index (χ1) is 4.79. The van der Waals surface area contributed by atoms with Crippen LogP contribution in [0.5, 0.6) is 0 Å². The Bertz CT molecular complexity index is 137. The van der Waals surface area contributed by atoms with Crippen LogP contribution in [-0.2, 0) is 0 Å². The van der Waals surface area contributed by atoms with Crippen molar-refractivity contribution in [3.63, 3.8) is 0 Å². The Morgan fingerprint density at radius 3 is 2.60 bits per heavy atom. The van der Waals surface area contributed by atoms with Gasteiger partial charge in [0.05, 0.1) is 6.10 Å². The summed E-state index contributed by atoms with van der Waals surface area (Å²) in [7, 11) is 2.14. The lowest BCUT2D eigenvalue weighted by Crippen LogP contribution is -2.44. The van der Waals surface area contributed by atoms with Crippen LogP contribution >= 0.6 is 0 Å². The highest BCUT2D eigenvalue weighted by Crippen LogP contribution is 2.33. The molecule has 2 bridgehead atoms. The minimum Gasteiger partial charge on any atom is -0.391 e. The fraction of sp³-hybridized carbons (Fsp3) is 1.00. The molecule has 2 fully saturated rings. The molecule has 2 rings (SSSR count). The van der Waals surface area contributed by atoms with E-state index in [9.17, 15) is 5.11 Å². The summed E-state index contributed by atoms with van der Waals surface area (Å²) in [5, 5.41) is 9.52. The van der Waals surface area contributed by atoms with E-state index in [1.165, 1.54) is 19.3 Å². The zero-order valence-corrected chi connectivity index (χ0v) is 6.45. The molecule has 0 aromatic heterocycles. The summed E-state index contributed by atoms with van der Waals surface area (Å²) >= 11 is 0. The summed E-state index contributed by atoms with van der Waals surface area (Å²) in [6.45, 7) is 0. The average molecular weight is 141 g/mol. The van der Waals surface area contributed by atoms with Crippen molar-refractivity contribution >= 4 is 0 Å². The molecule has 0 saturated carbocycles. The molecule has 1 N–H and O–H groups in total. The number of rotatable bonds is 0. The molecule has 2 heterocycles. The largest absolute Gasteiger partial charge is 0.391 e. The van der Waals surface area contributed by atoms with E-state index in [2.05, 4.69) is 11.9 Å². The van der Waals surface area contributed by atoms with E-state index in [1.54, 1.807) is 0 Å². The lowest BCUT2D eigenvalue weighted by molar-refractivity contribution is 0.0294. The van der Waals surface area contributed by atoms with Gasteiger partial charge in [-0.25, -0.2) is 0 Å². The minimum atomic E-state index is -0.0382. The van der Waals surface area contributed by atoms with Crippen molar-refractivity contribution in [2.75, 3.05) is 7.05 Å². The highest BCUT2D eigenvalue weighted by atomic mass is 16.3. The van der Waals surface area contributed by atoms with Crippen molar-refractivity contribution in [2.45, 2.75) is 43.9 Å². The van der Waals surface area contributed by atoms with Gasteiger partial charge in [-0.1, -0.05) is 0 Å². The number of fused-ring (bicyclic) bond motifs is 2. The van der Waals surface area contributed by atoms with Crippen molar-refractivity contribution in [1.29, 1.82) is 0 Å². The van der Waals surface area contributed by atoms with Gasteiger partial charge in [-0.3, -0.25) is 4.90 Å². The van der Waals surface area contributed by atoms with Gasteiger partial charge in [-0.2, -0.15) is 0 Å². The van der Waals surface area contributed by atoms with E-state index < -0.39 is 0 Å². The fourth-order valence-electron chi connectivity index (χ4n) is 2.41. The standard InChI is InChI=1S/C8H15NO/c1-9-6-2-4-7(9)8(10)5-3-6/h6-8,10H,2-5H2,1H3/t6-,7+,8+/m1/s1. The third kappa shape index (κ3) is 0.789. The maximum absolute atomic E-state index is 9.52. The lowest BCUT2D eigenvalue weighted by Gasteiger charge is -2.34. The Morgan fingerprint density at radius 2 is 1.90 bits per heavy atom. The second-order valence-electron chi connectivity index (χ2n) is 3.61. The van der Waals surface area contributed by atoms with Crippen molar-refractivity contribution in [3.8, 4) is 0 Å². The highest BCUT2D eigenvalue weighted by Gasteiger charge is 2.38. The molecule has 0 spiro atoms. The van der Waals surface area contributed by atoms with Crippen molar-refractivity contribution in [1.82, 2.24) is 4.90 Å². The number of hydrogen-bond acceptors (Lipinski definition) is 2. The molecular formula is C8H15NO. The third-order valence-corrected chi connectivity index (χ3v) is 3.13. The zero-order valence-electron chi connectivity index (χ0n) is 6.45. The number of aliphatic hydroxyl groups is 1. The molecule has 58 valence electrons. The van der Waals surface area contributed by atoms with Crippen molar-refractivity contribution in [3.05, 3.63) is 0 Å². The first-order valence-corrected chi connectivity index (χ1v) is 4.19. The van der Waals surface area contributed by atoms with E-state index in [0.29, 0.717) is 6.04 Å². The molecule has 2 aliphatic heterocycles. The van der Waals surface area contributed by atoms with E-state index in [4.69, 9.17) is 0 Å². The van der Waals surface area contributed by atoms with Gasteiger partial charge in [0.2, 0.25) is 0 Å². The summed E-state index contributed by atoms with van der Waals surface area (Å²) in [5.74, 6) is 0. The molecule has 2 heteroatoms. The van der Waals surface area contributed by atoms with Gasteiger partial charge in [0.15, 0.2) is 0 Å². The van der Waals surface area contributed by atoms with Gasteiger partial charge in [0, 0.05) is 12.1 Å². The third-order valence-electron chi connectivity index (χ3n) is 3.13. The fourth-order valence-corrected chi connectivity index (χ4v) is 2.41. The normalized spacial score (nSPS) is 48.0. The SMILES string of the molecule is CN1[C@H]2CC[C@H](O)[C@@H]1CC2. The first-order valence-electron chi connectivity index (χ1n) is 4.19. The molecule has 0 amide bonds. The Balaban J connectivity index is 2.13. The van der Waals surface area contributed by atoms with Crippen LogP contribution in [0.15, 0.2) is 0 Å². The molecule has 3 atom stereocenters. The monoisotopic (exact) mass is 141 g/mol. The summed E-state index contributed by atoms with van der Waals surface area (Å²) in [5.41, 5.74) is 0. The van der Waals surface area contributed by atoms with Crippen LogP contribution in [0.25, 0.3) is 0 Å². The molecule has 0 unspecified atom stereocenters. The van der Waals surface area contributed by atoms with E-state index in [-0.39, 0.29) is 6.10 Å². The highest BCUT2D eigenvalue weighted by molar-refractivity contribution is 4.94. The summed E-state index contributed by atoms with van der Waals surface area (Å²) < 4.78 is 0. The lowest BCUT2D eigenvalue weighted by atomic mass is 10.0. The summed E-state index contributed by atoms with van der Waals surface area (Å²) in [6.07, 6.45) is 4.71. The molecule has 2 saturated heterocycles. The van der Waals surface area contributed by atoms with Crippen LogP contribution in [0.2, 0.25) is 0 Å². The zero-order chi connectivity index (χ0) is 7.14. The van der Waals surface area contributed by atoms with Gasteiger partial charge in [0.25, 0.3) is 0 Å². The Kier molecular flexibility index (Phi) is 1.46. The van der Waals surface area contributed by atoms with Gasteiger partial charge >= 0.3 is 0 Å². The Hall–Kier alpha value is -0.0800. The molecule has 10 heavy (non-hydrogen) atoms. The smallest absolute Gasteiger partial charge is 0.0696 e. The van der Waals surface area contributed by atoms with Crippen LogP contribution in [0, 0.1) is 0 Å². The van der Waals surface area contributed by atoms with Gasteiger partial charge < -0.3 is 5.11 Å². The molecular weight excluding hydrogens is 126 g/mol. The number of aliphatic hydroxyl groups excluding tert-OH is 1. The van der Waals surface area contributed by atoms with Crippen LogP contribution in [0.1, 0.15) is 25.7 Å². The van der Waals surface area contributed by atoms with Crippen molar-refractivity contribution < 1.29 is 5.11 Å². The molecule has 0 radical (unpaired) electrons. The number of piperidine rings is 1. The summed E-state index contributed by atoms with van der Waals surface area (Å²) in [6, 6.07) is 1.27. The van der Waals surface area contributed by atoms with E-state index in [1.807, 2.05) is 0 Å². The average Bonchev–Trinajstić information content (AvgIpc) is 2.13. The predicted molar refractivity (Wildman–Crippen MR) is 39.8 cm³/mol. The van der Waals surface area contributed by atoms with E-state index in [0.717, 1.165) is 12.5 Å². The second-order valence-corrected chi connectivity index (χ2v) is 3.61. The number of likely N-dealkylation sites (N-methyl/N-ethyl adjacent to an activating group) is 1.